The molecule has 0 aliphatic heterocycles. The van der Waals surface area contributed by atoms with Gasteiger partial charge in [0.05, 0.1) is 10.4 Å². The van der Waals surface area contributed by atoms with E-state index in [4.69, 9.17) is 15.2 Å². The zero-order valence-corrected chi connectivity index (χ0v) is 15.4. The first-order chi connectivity index (χ1) is 9.97. The van der Waals surface area contributed by atoms with Crippen LogP contribution in [0, 0.1) is 0 Å². The van der Waals surface area contributed by atoms with E-state index in [1.54, 1.807) is 20.3 Å². The van der Waals surface area contributed by atoms with Crippen molar-refractivity contribution in [3.8, 4) is 0 Å². The summed E-state index contributed by atoms with van der Waals surface area (Å²) in [5.74, 6) is 0. The van der Waals surface area contributed by atoms with Crippen LogP contribution in [0.2, 0.25) is 0 Å². The first kappa shape index (κ1) is 19.0. The van der Waals surface area contributed by atoms with Crippen LogP contribution in [-0.4, -0.2) is 53.2 Å². The van der Waals surface area contributed by atoms with E-state index in [9.17, 15) is 8.42 Å². The van der Waals surface area contributed by atoms with E-state index < -0.39 is 10.0 Å². The fourth-order valence-corrected chi connectivity index (χ4v) is 5.72. The highest BCUT2D eigenvalue weighted by molar-refractivity contribution is 9.11. The number of sulfonamides is 1. The van der Waals surface area contributed by atoms with Gasteiger partial charge in [-0.1, -0.05) is 0 Å². The Morgan fingerprint density at radius 3 is 2.48 bits per heavy atom. The SMILES string of the molecule is COCCCN(CCOC)S(=O)(=O)c1cc(CN)sc1Br. The molecule has 0 aromatic carbocycles. The summed E-state index contributed by atoms with van der Waals surface area (Å²) in [6, 6.07) is 1.63. The number of thiophene rings is 1. The fourth-order valence-electron chi connectivity index (χ4n) is 1.74. The summed E-state index contributed by atoms with van der Waals surface area (Å²) in [5.41, 5.74) is 5.57. The molecule has 0 bridgehead atoms. The van der Waals surface area contributed by atoms with Gasteiger partial charge in [-0.25, -0.2) is 8.42 Å². The number of halogens is 1. The van der Waals surface area contributed by atoms with Crippen molar-refractivity contribution in [3.63, 3.8) is 0 Å². The summed E-state index contributed by atoms with van der Waals surface area (Å²) in [5, 5.41) is 0. The highest BCUT2D eigenvalue weighted by atomic mass is 79.9. The molecule has 1 heterocycles. The fraction of sp³-hybridized carbons (Fsp3) is 0.667. The molecule has 2 N–H and O–H groups in total. The van der Waals surface area contributed by atoms with Crippen LogP contribution in [0.5, 0.6) is 0 Å². The van der Waals surface area contributed by atoms with E-state index in [1.807, 2.05) is 0 Å². The third kappa shape index (κ3) is 5.27. The number of ether oxygens (including phenoxy) is 2. The highest BCUT2D eigenvalue weighted by Gasteiger charge is 2.27. The van der Waals surface area contributed by atoms with E-state index in [-0.39, 0.29) is 4.90 Å². The predicted octanol–water partition coefficient (Wildman–Crippen LogP) is 1.64. The van der Waals surface area contributed by atoms with Crippen molar-refractivity contribution in [1.29, 1.82) is 0 Å². The van der Waals surface area contributed by atoms with Gasteiger partial charge in [0.25, 0.3) is 0 Å². The van der Waals surface area contributed by atoms with Crippen molar-refractivity contribution in [1.82, 2.24) is 4.31 Å². The van der Waals surface area contributed by atoms with E-state index >= 15 is 0 Å². The molecule has 1 aromatic rings. The van der Waals surface area contributed by atoms with Crippen LogP contribution < -0.4 is 5.73 Å². The molecule has 1 aromatic heterocycles. The first-order valence-corrected chi connectivity index (χ1v) is 9.48. The van der Waals surface area contributed by atoms with E-state index in [2.05, 4.69) is 15.9 Å². The third-order valence-electron chi connectivity index (χ3n) is 2.83. The summed E-state index contributed by atoms with van der Waals surface area (Å²) in [6.45, 7) is 1.87. The number of hydrogen-bond acceptors (Lipinski definition) is 6. The maximum atomic E-state index is 12.7. The molecular formula is C12H21BrN2O4S2. The zero-order chi connectivity index (χ0) is 15.9. The average molecular weight is 401 g/mol. The Morgan fingerprint density at radius 1 is 1.29 bits per heavy atom. The predicted molar refractivity (Wildman–Crippen MR) is 87.0 cm³/mol. The minimum absolute atomic E-state index is 0.265. The summed E-state index contributed by atoms with van der Waals surface area (Å²) in [6.07, 6.45) is 0.630. The highest BCUT2D eigenvalue weighted by Crippen LogP contribution is 2.33. The lowest BCUT2D eigenvalue weighted by molar-refractivity contribution is 0.164. The smallest absolute Gasteiger partial charge is 0.245 e. The Balaban J connectivity index is 2.98. The van der Waals surface area contributed by atoms with Crippen molar-refractivity contribution in [2.75, 3.05) is 40.5 Å². The molecule has 0 amide bonds. The Morgan fingerprint density at radius 2 is 1.95 bits per heavy atom. The molecule has 0 atom stereocenters. The summed E-state index contributed by atoms with van der Waals surface area (Å²) < 4.78 is 37.5. The zero-order valence-electron chi connectivity index (χ0n) is 12.2. The van der Waals surface area contributed by atoms with Gasteiger partial charge in [-0.3, -0.25) is 0 Å². The normalized spacial score (nSPS) is 12.2. The van der Waals surface area contributed by atoms with Gasteiger partial charge < -0.3 is 15.2 Å². The minimum atomic E-state index is -3.57. The molecule has 0 radical (unpaired) electrons. The number of rotatable bonds is 10. The lowest BCUT2D eigenvalue weighted by Gasteiger charge is -2.21. The average Bonchev–Trinajstić information content (AvgIpc) is 2.84. The van der Waals surface area contributed by atoms with Gasteiger partial charge in [0.15, 0.2) is 0 Å². The van der Waals surface area contributed by atoms with Crippen molar-refractivity contribution in [2.24, 2.45) is 5.73 Å². The van der Waals surface area contributed by atoms with E-state index in [0.717, 1.165) is 4.88 Å². The van der Waals surface area contributed by atoms with Crippen LogP contribution >= 0.6 is 27.3 Å². The Kier molecular flexibility index (Phi) is 8.32. The number of methoxy groups -OCH3 is 2. The van der Waals surface area contributed by atoms with Crippen LogP contribution in [0.1, 0.15) is 11.3 Å². The van der Waals surface area contributed by atoms with Gasteiger partial charge in [-0.05, 0) is 28.4 Å². The van der Waals surface area contributed by atoms with Gasteiger partial charge in [0.1, 0.15) is 4.90 Å². The standard InChI is InChI=1S/C12H21BrN2O4S2/c1-18-6-3-4-15(5-7-19-2)21(16,17)11-8-10(9-14)20-12(11)13/h8H,3-7,9,14H2,1-2H3. The lowest BCUT2D eigenvalue weighted by Crippen LogP contribution is -2.35. The van der Waals surface area contributed by atoms with Crippen LogP contribution in [0.4, 0.5) is 0 Å². The summed E-state index contributed by atoms with van der Waals surface area (Å²) >= 11 is 4.65. The monoisotopic (exact) mass is 400 g/mol. The molecule has 0 aliphatic carbocycles. The van der Waals surface area contributed by atoms with Crippen LogP contribution in [0.25, 0.3) is 0 Å². The molecule has 0 saturated heterocycles. The van der Waals surface area contributed by atoms with Gasteiger partial charge in [-0.15, -0.1) is 11.3 Å². The first-order valence-electron chi connectivity index (χ1n) is 6.43. The second-order valence-corrected chi connectivity index (χ2v) is 8.66. The van der Waals surface area contributed by atoms with Gasteiger partial charge >= 0.3 is 0 Å². The Hall–Kier alpha value is -0.0300. The molecule has 122 valence electrons. The molecule has 0 spiro atoms. The molecule has 21 heavy (non-hydrogen) atoms. The van der Waals surface area contributed by atoms with Crippen molar-refractivity contribution in [3.05, 3.63) is 14.7 Å². The van der Waals surface area contributed by atoms with Gasteiger partial charge in [0.2, 0.25) is 10.0 Å². The largest absolute Gasteiger partial charge is 0.385 e. The van der Waals surface area contributed by atoms with Crippen LogP contribution in [-0.2, 0) is 26.0 Å². The topological polar surface area (TPSA) is 81.9 Å². The number of nitrogens with zero attached hydrogens (tertiary/aromatic N) is 1. The Labute approximate surface area is 138 Å². The third-order valence-corrected chi connectivity index (χ3v) is 7.00. The second kappa shape index (κ2) is 9.19. The Bertz CT molecular complexity index is 533. The molecule has 0 fully saturated rings. The van der Waals surface area contributed by atoms with Crippen molar-refractivity contribution >= 4 is 37.3 Å². The summed E-state index contributed by atoms with van der Waals surface area (Å²) in [4.78, 5) is 1.09. The van der Waals surface area contributed by atoms with Crippen molar-refractivity contribution < 1.29 is 17.9 Å². The molecule has 9 heteroatoms. The number of hydrogen-bond donors (Lipinski definition) is 1. The van der Waals surface area contributed by atoms with E-state index in [0.29, 0.717) is 43.1 Å². The van der Waals surface area contributed by atoms with Crippen LogP contribution in [0.3, 0.4) is 0 Å². The molecule has 1 rings (SSSR count). The molecule has 0 unspecified atom stereocenters. The van der Waals surface area contributed by atoms with Crippen molar-refractivity contribution in [2.45, 2.75) is 17.9 Å². The number of nitrogens with two attached hydrogens (primary N) is 1. The molecule has 0 aliphatic rings. The van der Waals surface area contributed by atoms with Gasteiger partial charge in [-0.2, -0.15) is 4.31 Å². The minimum Gasteiger partial charge on any atom is -0.385 e. The lowest BCUT2D eigenvalue weighted by atomic mass is 10.4. The van der Waals surface area contributed by atoms with E-state index in [1.165, 1.54) is 15.6 Å². The maximum Gasteiger partial charge on any atom is 0.245 e. The quantitative estimate of drug-likeness (QED) is 0.603. The molecule has 0 saturated carbocycles. The summed E-state index contributed by atoms with van der Waals surface area (Å²) in [7, 11) is -0.425. The molecule has 6 nitrogen and oxygen atoms in total. The second-order valence-electron chi connectivity index (χ2n) is 4.30. The maximum absolute atomic E-state index is 12.7. The van der Waals surface area contributed by atoms with Crippen LogP contribution in [0.15, 0.2) is 14.7 Å². The molecular weight excluding hydrogens is 380 g/mol. The van der Waals surface area contributed by atoms with Gasteiger partial charge in [0, 0.05) is 45.3 Å².